The van der Waals surface area contributed by atoms with Crippen LogP contribution in [0.2, 0.25) is 0 Å². The highest BCUT2D eigenvalue weighted by Crippen LogP contribution is 2.46. The number of anilines is 1. The van der Waals surface area contributed by atoms with E-state index in [0.29, 0.717) is 4.47 Å². The normalized spacial score (nSPS) is 17.8. The first kappa shape index (κ1) is 22.6. The fraction of sp³-hybridized carbons (Fsp3) is 0.346. The van der Waals surface area contributed by atoms with E-state index in [-0.39, 0.29) is 24.2 Å². The van der Waals surface area contributed by atoms with Crippen LogP contribution >= 0.6 is 27.3 Å². The molecule has 3 aromatic rings. The number of benzene rings is 2. The third kappa shape index (κ3) is 4.46. The first-order chi connectivity index (χ1) is 16.0. The first-order valence-electron chi connectivity index (χ1n) is 11.3. The summed E-state index contributed by atoms with van der Waals surface area (Å²) in [6.45, 7) is 0.954. The minimum atomic E-state index is -0.453. The van der Waals surface area contributed by atoms with Crippen LogP contribution in [0.25, 0.3) is 0 Å². The van der Waals surface area contributed by atoms with E-state index in [4.69, 9.17) is 4.74 Å². The van der Waals surface area contributed by atoms with Crippen LogP contribution in [-0.2, 0) is 24.1 Å². The second-order valence-electron chi connectivity index (χ2n) is 8.59. The Kier molecular flexibility index (Phi) is 6.54. The fourth-order valence-corrected chi connectivity index (χ4v) is 6.99. The van der Waals surface area contributed by atoms with Crippen molar-refractivity contribution < 1.29 is 13.9 Å². The minimum Gasteiger partial charge on any atom is -0.496 e. The van der Waals surface area contributed by atoms with Crippen LogP contribution in [0.3, 0.4) is 0 Å². The molecule has 1 atom stereocenters. The summed E-state index contributed by atoms with van der Waals surface area (Å²) < 4.78 is 20.6. The van der Waals surface area contributed by atoms with Gasteiger partial charge in [-0.3, -0.25) is 9.69 Å². The molecule has 5 rings (SSSR count). The van der Waals surface area contributed by atoms with Crippen molar-refractivity contribution in [2.75, 3.05) is 25.5 Å². The molecule has 1 amide bonds. The third-order valence-electron chi connectivity index (χ3n) is 6.56. The van der Waals surface area contributed by atoms with Gasteiger partial charge in [-0.05, 0) is 67.5 Å². The van der Waals surface area contributed by atoms with Crippen molar-refractivity contribution in [1.82, 2.24) is 4.90 Å². The van der Waals surface area contributed by atoms with Gasteiger partial charge in [-0.25, -0.2) is 4.39 Å². The highest BCUT2D eigenvalue weighted by molar-refractivity contribution is 9.10. The minimum absolute atomic E-state index is 0.0546. The second-order valence-corrected chi connectivity index (χ2v) is 10.6. The number of thiophene rings is 1. The van der Waals surface area contributed by atoms with Crippen LogP contribution in [0.5, 0.6) is 5.75 Å². The molecule has 0 spiro atoms. The number of hydrogen-bond acceptors (Lipinski definition) is 4. The number of halogens is 2. The van der Waals surface area contributed by atoms with E-state index in [0.717, 1.165) is 37.1 Å². The number of methoxy groups -OCH3 is 1. The lowest BCUT2D eigenvalue weighted by atomic mass is 9.88. The molecule has 0 saturated heterocycles. The second kappa shape index (κ2) is 9.57. The van der Waals surface area contributed by atoms with Crippen LogP contribution in [0.1, 0.15) is 45.3 Å². The number of nitrogens with one attached hydrogen (secondary N) is 1. The molecule has 4 nitrogen and oxygen atoms in total. The van der Waals surface area contributed by atoms with Gasteiger partial charge in [-0.1, -0.05) is 34.1 Å². The summed E-state index contributed by atoms with van der Waals surface area (Å²) in [7, 11) is 1.69. The Labute approximate surface area is 205 Å². The molecule has 0 unspecified atom stereocenters. The summed E-state index contributed by atoms with van der Waals surface area (Å²) in [4.78, 5) is 18.0. The van der Waals surface area contributed by atoms with Gasteiger partial charge in [-0.2, -0.15) is 0 Å². The van der Waals surface area contributed by atoms with E-state index in [2.05, 4.69) is 32.2 Å². The number of fused-ring (bicyclic) bond motifs is 3. The Morgan fingerprint density at radius 3 is 2.82 bits per heavy atom. The van der Waals surface area contributed by atoms with Crippen molar-refractivity contribution in [3.63, 3.8) is 0 Å². The number of hydrogen-bond donors (Lipinski definition) is 1. The third-order valence-corrected chi connectivity index (χ3v) is 8.44. The summed E-state index contributed by atoms with van der Waals surface area (Å²) in [6.07, 6.45) is 5.74. The molecule has 1 aromatic heterocycles. The van der Waals surface area contributed by atoms with Crippen LogP contribution in [0.15, 0.2) is 46.9 Å². The smallest absolute Gasteiger partial charge is 0.238 e. The molecular weight excluding hydrogens is 503 g/mol. The van der Waals surface area contributed by atoms with E-state index < -0.39 is 5.82 Å². The predicted octanol–water partition coefficient (Wildman–Crippen LogP) is 6.12. The van der Waals surface area contributed by atoms with Crippen molar-refractivity contribution in [3.8, 4) is 5.75 Å². The Morgan fingerprint density at radius 2 is 2.00 bits per heavy atom. The molecule has 0 bridgehead atoms. The number of carbonyl (C=O) groups excluding carboxylic acids is 1. The lowest BCUT2D eigenvalue weighted by Gasteiger charge is -2.36. The van der Waals surface area contributed by atoms with Crippen LogP contribution in [-0.4, -0.2) is 31.0 Å². The van der Waals surface area contributed by atoms with Crippen LogP contribution in [0.4, 0.5) is 10.1 Å². The van der Waals surface area contributed by atoms with Gasteiger partial charge in [-0.15, -0.1) is 11.3 Å². The zero-order valence-electron chi connectivity index (χ0n) is 18.5. The van der Waals surface area contributed by atoms with Crippen LogP contribution in [0, 0.1) is 5.82 Å². The van der Waals surface area contributed by atoms with Crippen molar-refractivity contribution in [3.05, 3.63) is 79.2 Å². The number of para-hydroxylation sites is 1. The van der Waals surface area contributed by atoms with E-state index in [1.54, 1.807) is 24.8 Å². The van der Waals surface area contributed by atoms with Gasteiger partial charge in [0.1, 0.15) is 11.6 Å². The highest BCUT2D eigenvalue weighted by Gasteiger charge is 2.36. The van der Waals surface area contributed by atoms with Gasteiger partial charge < -0.3 is 10.1 Å². The number of carbonyl (C=O) groups is 1. The van der Waals surface area contributed by atoms with Gasteiger partial charge in [0, 0.05) is 26.3 Å². The topological polar surface area (TPSA) is 41.6 Å². The first-order valence-corrected chi connectivity index (χ1v) is 12.9. The Morgan fingerprint density at radius 1 is 1.18 bits per heavy atom. The van der Waals surface area contributed by atoms with Gasteiger partial charge >= 0.3 is 0 Å². The van der Waals surface area contributed by atoms with E-state index in [9.17, 15) is 9.18 Å². The molecular formula is C26H26BrFN2O2S. The molecule has 172 valence electrons. The Bertz CT molecular complexity index is 1200. The van der Waals surface area contributed by atoms with Gasteiger partial charge in [0.25, 0.3) is 0 Å². The Balaban J connectivity index is 1.48. The quantitative estimate of drug-likeness (QED) is 0.433. The lowest BCUT2D eigenvalue weighted by Crippen LogP contribution is -2.41. The maximum atomic E-state index is 14.3. The van der Waals surface area contributed by atoms with Gasteiger partial charge in [0.15, 0.2) is 0 Å². The maximum absolute atomic E-state index is 14.3. The summed E-state index contributed by atoms with van der Waals surface area (Å²) in [5.41, 5.74) is 4.28. The Hall–Kier alpha value is -2.22. The number of nitrogens with zero attached hydrogens (tertiary/aromatic N) is 1. The standard InChI is InChI=1S/C26H26BrFN2O2S/c1-32-22-8-4-2-7-19(22)25-26-18(17-6-3-5-9-23(17)33-26)12-13-30(25)15-24(31)29-21-11-10-16(27)14-20(21)28/h2,4,7-8,10-11,14,25H,3,5-6,9,12-13,15H2,1H3,(H,29,31)/t25-/m1/s1. The lowest BCUT2D eigenvalue weighted by molar-refractivity contribution is -0.117. The average molecular weight is 529 g/mol. The van der Waals surface area contributed by atoms with Crippen molar-refractivity contribution in [2.24, 2.45) is 0 Å². The van der Waals surface area contributed by atoms with Gasteiger partial charge in [0.05, 0.1) is 25.4 Å². The van der Waals surface area contributed by atoms with Gasteiger partial charge in [0.2, 0.25) is 5.91 Å². The molecule has 0 radical (unpaired) electrons. The molecule has 1 aliphatic carbocycles. The summed E-state index contributed by atoms with van der Waals surface area (Å²) in [5, 5.41) is 2.75. The molecule has 0 fully saturated rings. The summed E-state index contributed by atoms with van der Waals surface area (Å²) in [6, 6.07) is 12.7. The summed E-state index contributed by atoms with van der Waals surface area (Å²) in [5.74, 6) is 0.151. The average Bonchev–Trinajstić information content (AvgIpc) is 3.19. The summed E-state index contributed by atoms with van der Waals surface area (Å²) >= 11 is 5.16. The molecule has 1 N–H and O–H groups in total. The van der Waals surface area contributed by atoms with Crippen molar-refractivity contribution in [1.29, 1.82) is 0 Å². The van der Waals surface area contributed by atoms with Crippen molar-refractivity contribution in [2.45, 2.75) is 38.1 Å². The number of amides is 1. The van der Waals surface area contributed by atoms with E-state index >= 15 is 0 Å². The molecule has 2 aromatic carbocycles. The predicted molar refractivity (Wildman–Crippen MR) is 134 cm³/mol. The largest absolute Gasteiger partial charge is 0.496 e. The van der Waals surface area contributed by atoms with Crippen molar-refractivity contribution >= 4 is 38.9 Å². The van der Waals surface area contributed by atoms with E-state index in [1.165, 1.54) is 34.2 Å². The number of aryl methyl sites for hydroxylation is 1. The highest BCUT2D eigenvalue weighted by atomic mass is 79.9. The molecule has 7 heteroatoms. The zero-order valence-corrected chi connectivity index (χ0v) is 20.9. The van der Waals surface area contributed by atoms with E-state index in [1.807, 2.05) is 29.5 Å². The molecule has 33 heavy (non-hydrogen) atoms. The molecule has 2 heterocycles. The SMILES string of the molecule is COc1ccccc1[C@@H]1c2sc3c(c2CCN1CC(=O)Nc1ccc(Br)cc1F)CCCC3. The van der Waals surface area contributed by atoms with Crippen LogP contribution < -0.4 is 10.1 Å². The molecule has 2 aliphatic rings. The fourth-order valence-electron chi connectivity index (χ4n) is 5.06. The zero-order chi connectivity index (χ0) is 22.9. The molecule has 1 aliphatic heterocycles. The number of rotatable bonds is 5. The monoisotopic (exact) mass is 528 g/mol. The molecule has 0 saturated carbocycles. The maximum Gasteiger partial charge on any atom is 0.238 e. The number of ether oxygens (including phenoxy) is 1.